The minimum absolute atomic E-state index is 0.122. The SMILES string of the molecule is CC1CCN(c2cc(C(N)=NO)c3ccccc3n2)C1. The van der Waals surface area contributed by atoms with Crippen LogP contribution in [0.3, 0.4) is 0 Å². The third-order valence-corrected chi connectivity index (χ3v) is 3.83. The van der Waals surface area contributed by atoms with Gasteiger partial charge in [0.2, 0.25) is 0 Å². The summed E-state index contributed by atoms with van der Waals surface area (Å²) in [5.41, 5.74) is 7.41. The lowest BCUT2D eigenvalue weighted by Gasteiger charge is -2.19. The molecule has 0 bridgehead atoms. The summed E-state index contributed by atoms with van der Waals surface area (Å²) in [6, 6.07) is 9.67. The van der Waals surface area contributed by atoms with Crippen LogP contribution in [0.25, 0.3) is 10.9 Å². The predicted molar refractivity (Wildman–Crippen MR) is 80.2 cm³/mol. The van der Waals surface area contributed by atoms with E-state index in [2.05, 4.69) is 17.0 Å². The van der Waals surface area contributed by atoms with E-state index in [1.165, 1.54) is 6.42 Å². The lowest BCUT2D eigenvalue weighted by Crippen LogP contribution is -2.22. The van der Waals surface area contributed by atoms with Crippen molar-refractivity contribution in [2.24, 2.45) is 16.8 Å². The van der Waals surface area contributed by atoms with Crippen LogP contribution in [-0.2, 0) is 0 Å². The smallest absolute Gasteiger partial charge is 0.170 e. The number of nitrogens with two attached hydrogens (primary N) is 1. The molecule has 2 aromatic rings. The normalized spacial score (nSPS) is 19.8. The van der Waals surface area contributed by atoms with Crippen LogP contribution in [0, 0.1) is 5.92 Å². The fourth-order valence-corrected chi connectivity index (χ4v) is 2.73. The molecule has 20 heavy (non-hydrogen) atoms. The Balaban J connectivity index is 2.15. The van der Waals surface area contributed by atoms with Crippen molar-refractivity contribution in [3.63, 3.8) is 0 Å². The van der Waals surface area contributed by atoms with Gasteiger partial charge in [-0.15, -0.1) is 0 Å². The first-order valence-electron chi connectivity index (χ1n) is 6.81. The highest BCUT2D eigenvalue weighted by atomic mass is 16.4. The lowest BCUT2D eigenvalue weighted by atomic mass is 10.1. The zero-order valence-corrected chi connectivity index (χ0v) is 11.5. The van der Waals surface area contributed by atoms with E-state index in [4.69, 9.17) is 15.9 Å². The van der Waals surface area contributed by atoms with Gasteiger partial charge in [0.15, 0.2) is 5.84 Å². The molecule has 5 nitrogen and oxygen atoms in total. The molecule has 1 aromatic carbocycles. The van der Waals surface area contributed by atoms with Gasteiger partial charge in [-0.3, -0.25) is 0 Å². The number of rotatable bonds is 2. The second kappa shape index (κ2) is 5.00. The van der Waals surface area contributed by atoms with E-state index in [0.29, 0.717) is 5.92 Å². The van der Waals surface area contributed by atoms with Crippen molar-refractivity contribution in [1.29, 1.82) is 0 Å². The third-order valence-electron chi connectivity index (χ3n) is 3.83. The summed E-state index contributed by atoms with van der Waals surface area (Å²) in [4.78, 5) is 6.96. The molecule has 1 unspecified atom stereocenters. The lowest BCUT2D eigenvalue weighted by molar-refractivity contribution is 0.318. The largest absolute Gasteiger partial charge is 0.409 e. The first-order valence-corrected chi connectivity index (χ1v) is 6.81. The molecule has 0 aliphatic carbocycles. The predicted octanol–water partition coefficient (Wildman–Crippen LogP) is 2.18. The molecule has 1 saturated heterocycles. The summed E-state index contributed by atoms with van der Waals surface area (Å²) in [5, 5.41) is 13.0. The molecule has 2 heterocycles. The minimum atomic E-state index is 0.122. The molecule has 0 spiro atoms. The van der Waals surface area contributed by atoms with Crippen LogP contribution >= 0.6 is 0 Å². The maximum atomic E-state index is 8.97. The zero-order chi connectivity index (χ0) is 14.1. The number of amidine groups is 1. The van der Waals surface area contributed by atoms with Crippen LogP contribution in [0.4, 0.5) is 5.82 Å². The highest BCUT2D eigenvalue weighted by molar-refractivity contribution is 6.08. The van der Waals surface area contributed by atoms with E-state index in [-0.39, 0.29) is 5.84 Å². The number of hydrogen-bond acceptors (Lipinski definition) is 4. The molecule has 104 valence electrons. The highest BCUT2D eigenvalue weighted by Crippen LogP contribution is 2.26. The average Bonchev–Trinajstić information content (AvgIpc) is 2.92. The van der Waals surface area contributed by atoms with Crippen molar-refractivity contribution in [1.82, 2.24) is 4.98 Å². The molecule has 1 aliphatic heterocycles. The third kappa shape index (κ3) is 2.15. The van der Waals surface area contributed by atoms with E-state index < -0.39 is 0 Å². The average molecular weight is 270 g/mol. The molecule has 1 fully saturated rings. The summed E-state index contributed by atoms with van der Waals surface area (Å²) in [7, 11) is 0. The summed E-state index contributed by atoms with van der Waals surface area (Å²) in [5.74, 6) is 1.70. The summed E-state index contributed by atoms with van der Waals surface area (Å²) >= 11 is 0. The van der Waals surface area contributed by atoms with Crippen molar-refractivity contribution in [3.8, 4) is 0 Å². The van der Waals surface area contributed by atoms with Crippen molar-refractivity contribution in [2.45, 2.75) is 13.3 Å². The van der Waals surface area contributed by atoms with Gasteiger partial charge in [0.05, 0.1) is 5.52 Å². The summed E-state index contributed by atoms with van der Waals surface area (Å²) < 4.78 is 0. The van der Waals surface area contributed by atoms with Gasteiger partial charge < -0.3 is 15.8 Å². The Kier molecular flexibility index (Phi) is 3.18. The van der Waals surface area contributed by atoms with Crippen LogP contribution < -0.4 is 10.6 Å². The first kappa shape index (κ1) is 12.7. The Morgan fingerprint density at radius 1 is 1.45 bits per heavy atom. The monoisotopic (exact) mass is 270 g/mol. The van der Waals surface area contributed by atoms with Crippen LogP contribution in [0.5, 0.6) is 0 Å². The Morgan fingerprint density at radius 3 is 2.95 bits per heavy atom. The van der Waals surface area contributed by atoms with Gasteiger partial charge in [-0.2, -0.15) is 0 Å². The molecular formula is C15H18N4O. The van der Waals surface area contributed by atoms with Crippen LogP contribution in [0.2, 0.25) is 0 Å². The molecule has 0 saturated carbocycles. The quantitative estimate of drug-likeness (QED) is 0.379. The maximum absolute atomic E-state index is 8.97. The van der Waals surface area contributed by atoms with Crippen LogP contribution in [-0.4, -0.2) is 29.1 Å². The Hall–Kier alpha value is -2.30. The van der Waals surface area contributed by atoms with Crippen molar-refractivity contribution in [3.05, 3.63) is 35.9 Å². The van der Waals surface area contributed by atoms with E-state index >= 15 is 0 Å². The van der Waals surface area contributed by atoms with Gasteiger partial charge >= 0.3 is 0 Å². The van der Waals surface area contributed by atoms with Crippen molar-refractivity contribution in [2.75, 3.05) is 18.0 Å². The summed E-state index contributed by atoms with van der Waals surface area (Å²) in [6.45, 7) is 4.24. The molecule has 3 N–H and O–H groups in total. The zero-order valence-electron chi connectivity index (χ0n) is 11.5. The van der Waals surface area contributed by atoms with E-state index in [9.17, 15) is 0 Å². The van der Waals surface area contributed by atoms with E-state index in [1.807, 2.05) is 30.3 Å². The standard InChI is InChI=1S/C15H18N4O/c1-10-6-7-19(9-10)14-8-12(15(16)18-20)11-4-2-3-5-13(11)17-14/h2-5,8,10,20H,6-7,9H2,1H3,(H2,16,18). The fourth-order valence-electron chi connectivity index (χ4n) is 2.73. The Labute approximate surface area is 117 Å². The second-order valence-electron chi connectivity index (χ2n) is 5.37. The maximum Gasteiger partial charge on any atom is 0.170 e. The first-order chi connectivity index (χ1) is 9.69. The molecular weight excluding hydrogens is 252 g/mol. The molecule has 1 aliphatic rings. The molecule has 3 rings (SSSR count). The van der Waals surface area contributed by atoms with Crippen molar-refractivity contribution < 1.29 is 5.21 Å². The Bertz CT molecular complexity index is 668. The molecule has 0 radical (unpaired) electrons. The fraction of sp³-hybridized carbons (Fsp3) is 0.333. The van der Waals surface area contributed by atoms with Crippen LogP contribution in [0.1, 0.15) is 18.9 Å². The Morgan fingerprint density at radius 2 is 2.25 bits per heavy atom. The van der Waals surface area contributed by atoms with Gasteiger partial charge in [-0.25, -0.2) is 4.98 Å². The topological polar surface area (TPSA) is 74.7 Å². The number of pyridine rings is 1. The van der Waals surface area contributed by atoms with Crippen molar-refractivity contribution >= 4 is 22.6 Å². The number of para-hydroxylation sites is 1. The second-order valence-corrected chi connectivity index (χ2v) is 5.37. The van der Waals surface area contributed by atoms with Gasteiger partial charge in [-0.1, -0.05) is 30.3 Å². The molecule has 5 heteroatoms. The summed E-state index contributed by atoms with van der Waals surface area (Å²) in [6.07, 6.45) is 1.17. The van der Waals surface area contributed by atoms with E-state index in [1.54, 1.807) is 0 Å². The van der Waals surface area contributed by atoms with Gasteiger partial charge in [0.1, 0.15) is 5.82 Å². The number of anilines is 1. The minimum Gasteiger partial charge on any atom is -0.409 e. The van der Waals surface area contributed by atoms with Gasteiger partial charge in [0.25, 0.3) is 0 Å². The number of fused-ring (bicyclic) bond motifs is 1. The number of oxime groups is 1. The number of benzene rings is 1. The van der Waals surface area contributed by atoms with E-state index in [0.717, 1.165) is 35.4 Å². The molecule has 1 atom stereocenters. The molecule has 1 aromatic heterocycles. The highest BCUT2D eigenvalue weighted by Gasteiger charge is 2.21. The number of nitrogens with zero attached hydrogens (tertiary/aromatic N) is 3. The number of hydrogen-bond donors (Lipinski definition) is 2. The molecule has 0 amide bonds. The number of aromatic nitrogens is 1. The van der Waals surface area contributed by atoms with Gasteiger partial charge in [-0.05, 0) is 24.5 Å². The van der Waals surface area contributed by atoms with Gasteiger partial charge in [0, 0.05) is 24.0 Å². The van der Waals surface area contributed by atoms with Crippen LogP contribution in [0.15, 0.2) is 35.5 Å².